The highest BCUT2D eigenvalue weighted by Crippen LogP contribution is 2.42. The molecular weight excluding hydrogens is 586 g/mol. The Morgan fingerprint density at radius 1 is 0.844 bits per heavy atom. The fourth-order valence-electron chi connectivity index (χ4n) is 7.04. The number of nitro groups is 1. The Morgan fingerprint density at radius 3 is 1.96 bits per heavy atom. The third-order valence-corrected chi connectivity index (χ3v) is 9.40. The second kappa shape index (κ2) is 14.8. The lowest BCUT2D eigenvalue weighted by Gasteiger charge is -2.43. The Kier molecular flexibility index (Phi) is 11.1. The fraction of sp³-hybridized carbons (Fsp3) is 0.351. The van der Waals surface area contributed by atoms with Crippen LogP contribution in [0.4, 0.5) is 5.69 Å². The normalized spacial score (nSPS) is 18.2. The zero-order chi connectivity index (χ0) is 31.3. The molecule has 3 aromatic rings. The molecule has 1 saturated heterocycles. The molecule has 1 fully saturated rings. The van der Waals surface area contributed by atoms with Gasteiger partial charge in [0.1, 0.15) is 0 Å². The van der Waals surface area contributed by atoms with Crippen molar-refractivity contribution < 1.29 is 14.5 Å². The molecule has 0 amide bonds. The third kappa shape index (κ3) is 7.26. The van der Waals surface area contributed by atoms with Crippen molar-refractivity contribution in [1.82, 2.24) is 9.80 Å². The lowest BCUT2D eigenvalue weighted by molar-refractivity contribution is -0.384. The Labute approximate surface area is 272 Å². The fourth-order valence-corrected chi connectivity index (χ4v) is 7.04. The number of hydrogen-bond acceptors (Lipinski definition) is 6. The van der Waals surface area contributed by atoms with Crippen molar-refractivity contribution in [3.8, 4) is 0 Å². The molecule has 0 radical (unpaired) electrons. The summed E-state index contributed by atoms with van der Waals surface area (Å²) < 4.78 is 0. The summed E-state index contributed by atoms with van der Waals surface area (Å²) in [7, 11) is 0. The van der Waals surface area contributed by atoms with Gasteiger partial charge in [0.05, 0.1) is 4.92 Å². The molecule has 8 heteroatoms. The first-order valence-corrected chi connectivity index (χ1v) is 15.5. The Hall–Kier alpha value is -4.07. The topological polar surface area (TPSA) is 83.8 Å². The van der Waals surface area contributed by atoms with Crippen LogP contribution in [-0.2, 0) is 15.0 Å². The molecule has 2 heterocycles. The van der Waals surface area contributed by atoms with Gasteiger partial charge in [-0.2, -0.15) is 0 Å². The van der Waals surface area contributed by atoms with Crippen LogP contribution < -0.4 is 0 Å². The van der Waals surface area contributed by atoms with Gasteiger partial charge in [-0.1, -0.05) is 72.8 Å². The summed E-state index contributed by atoms with van der Waals surface area (Å²) in [6, 6.07) is 28.0. The van der Waals surface area contributed by atoms with E-state index in [-0.39, 0.29) is 35.1 Å². The molecule has 0 bridgehead atoms. The van der Waals surface area contributed by atoms with Gasteiger partial charge in [0, 0.05) is 53.1 Å². The molecule has 236 valence electrons. The molecule has 2 aliphatic rings. The average Bonchev–Trinajstić information content (AvgIpc) is 3.04. The van der Waals surface area contributed by atoms with Crippen LogP contribution in [-0.4, -0.2) is 52.5 Å². The number of Topliss-reactive ketones (excluding diaryl/α,β-unsaturated/α-hetero) is 2. The maximum Gasteiger partial charge on any atom is 0.269 e. The molecule has 0 aliphatic carbocycles. The Balaban J connectivity index is 0.00000461. The van der Waals surface area contributed by atoms with E-state index in [2.05, 4.69) is 65.6 Å². The summed E-state index contributed by atoms with van der Waals surface area (Å²) in [6.45, 7) is 8.65. The zero-order valence-corrected chi connectivity index (χ0v) is 27.1. The molecule has 0 saturated carbocycles. The van der Waals surface area contributed by atoms with E-state index in [0.717, 1.165) is 51.0 Å². The monoisotopic (exact) mass is 627 g/mol. The predicted molar refractivity (Wildman–Crippen MR) is 181 cm³/mol. The molecule has 5 rings (SSSR count). The highest BCUT2D eigenvalue weighted by atomic mass is 35.5. The maximum absolute atomic E-state index is 13.0. The van der Waals surface area contributed by atoms with E-state index >= 15 is 0 Å². The summed E-state index contributed by atoms with van der Waals surface area (Å²) in [5.41, 5.74) is 5.12. The van der Waals surface area contributed by atoms with Gasteiger partial charge in [0.25, 0.3) is 5.69 Å². The second-order valence-corrected chi connectivity index (χ2v) is 12.0. The number of carbonyl (C=O) groups is 2. The van der Waals surface area contributed by atoms with E-state index in [1.54, 1.807) is 12.1 Å². The van der Waals surface area contributed by atoms with Crippen LogP contribution in [0.15, 0.2) is 108 Å². The second-order valence-electron chi connectivity index (χ2n) is 12.0. The van der Waals surface area contributed by atoms with Gasteiger partial charge in [0.15, 0.2) is 11.6 Å². The molecule has 45 heavy (non-hydrogen) atoms. The van der Waals surface area contributed by atoms with Crippen LogP contribution in [0.5, 0.6) is 0 Å². The summed E-state index contributed by atoms with van der Waals surface area (Å²) in [5, 5.41) is 11.4. The smallest absolute Gasteiger partial charge is 0.269 e. The van der Waals surface area contributed by atoms with Gasteiger partial charge in [-0.3, -0.25) is 19.7 Å². The summed E-state index contributed by atoms with van der Waals surface area (Å²) in [5.74, 6) is -0.903. The molecule has 1 atom stereocenters. The molecule has 0 N–H and O–H groups in total. The number of nitro benzene ring substituents is 1. The van der Waals surface area contributed by atoms with Crippen molar-refractivity contribution in [2.45, 2.75) is 57.8 Å². The molecule has 0 spiro atoms. The SMILES string of the molecule is CC(=O)C1=CN(CCCCN2CCC(c3ccccc3)(c3ccccc3)CC2)C(C)=C(C(C)=O)C1c1cccc([N+](=O)[O-])c1.Cl. The first-order valence-electron chi connectivity index (χ1n) is 15.5. The van der Waals surface area contributed by atoms with Gasteiger partial charge in [-0.15, -0.1) is 12.4 Å². The zero-order valence-electron chi connectivity index (χ0n) is 26.3. The van der Waals surface area contributed by atoms with E-state index in [1.807, 2.05) is 18.0 Å². The van der Waals surface area contributed by atoms with Gasteiger partial charge in [0.2, 0.25) is 0 Å². The van der Waals surface area contributed by atoms with Crippen molar-refractivity contribution >= 4 is 29.7 Å². The molecular formula is C37H42ClN3O4. The quantitative estimate of drug-likeness (QED) is 0.124. The van der Waals surface area contributed by atoms with Crippen LogP contribution in [0.2, 0.25) is 0 Å². The van der Waals surface area contributed by atoms with E-state index in [1.165, 1.54) is 37.1 Å². The number of nitrogens with zero attached hydrogens (tertiary/aromatic N) is 3. The van der Waals surface area contributed by atoms with Crippen LogP contribution >= 0.6 is 12.4 Å². The lowest BCUT2D eigenvalue weighted by atomic mass is 9.68. The number of unbranched alkanes of at least 4 members (excludes halogenated alkanes) is 1. The van der Waals surface area contributed by atoms with Crippen molar-refractivity contribution in [1.29, 1.82) is 0 Å². The number of ketones is 2. The van der Waals surface area contributed by atoms with E-state index in [0.29, 0.717) is 23.3 Å². The minimum atomic E-state index is -0.621. The van der Waals surface area contributed by atoms with Crippen LogP contribution in [0.25, 0.3) is 0 Å². The number of non-ortho nitro benzene ring substituents is 1. The van der Waals surface area contributed by atoms with E-state index in [9.17, 15) is 19.7 Å². The number of rotatable bonds is 11. The number of halogens is 1. The number of hydrogen-bond donors (Lipinski definition) is 0. The first-order chi connectivity index (χ1) is 21.2. The van der Waals surface area contributed by atoms with Gasteiger partial charge < -0.3 is 9.80 Å². The number of carbonyl (C=O) groups excluding carboxylic acids is 2. The molecule has 0 aromatic heterocycles. The minimum absolute atomic E-state index is 0. The standard InChI is InChI=1S/C37H41N3O4.ClH/c1-27-35(29(3)42)36(30-13-12-18-33(25-30)40(43)44)34(28(2)41)26-39(27)22-11-10-21-38-23-19-37(20-24-38,31-14-6-4-7-15-31)32-16-8-5-9-17-32;/h4-9,12-18,25-26,36H,10-11,19-24H2,1-3H3;1H. The number of likely N-dealkylation sites (tertiary alicyclic amines) is 1. The summed E-state index contributed by atoms with van der Waals surface area (Å²) in [4.78, 5) is 41.4. The lowest BCUT2D eigenvalue weighted by Crippen LogP contribution is -2.43. The molecule has 7 nitrogen and oxygen atoms in total. The minimum Gasteiger partial charge on any atom is -0.351 e. The van der Waals surface area contributed by atoms with Gasteiger partial charge >= 0.3 is 0 Å². The van der Waals surface area contributed by atoms with Crippen molar-refractivity contribution in [3.05, 3.63) is 135 Å². The van der Waals surface area contributed by atoms with Crippen LogP contribution in [0.3, 0.4) is 0 Å². The third-order valence-electron chi connectivity index (χ3n) is 9.40. The Bertz CT molecular complexity index is 1540. The molecule has 2 aliphatic heterocycles. The number of benzene rings is 3. The molecule has 1 unspecified atom stereocenters. The average molecular weight is 628 g/mol. The van der Waals surface area contributed by atoms with Gasteiger partial charge in [-0.05, 0) is 82.8 Å². The maximum atomic E-state index is 13.0. The van der Waals surface area contributed by atoms with Gasteiger partial charge in [-0.25, -0.2) is 0 Å². The Morgan fingerprint density at radius 2 is 1.42 bits per heavy atom. The van der Waals surface area contributed by atoms with Crippen molar-refractivity contribution in [3.63, 3.8) is 0 Å². The highest BCUT2D eigenvalue weighted by Gasteiger charge is 2.38. The number of allylic oxidation sites excluding steroid dienone is 3. The van der Waals surface area contributed by atoms with Crippen LogP contribution in [0.1, 0.15) is 69.1 Å². The number of piperidine rings is 1. The largest absolute Gasteiger partial charge is 0.351 e. The molecule has 3 aromatic carbocycles. The predicted octanol–water partition coefficient (Wildman–Crippen LogP) is 7.61. The van der Waals surface area contributed by atoms with E-state index in [4.69, 9.17) is 0 Å². The summed E-state index contributed by atoms with van der Waals surface area (Å²) in [6.07, 6.45) is 5.90. The highest BCUT2D eigenvalue weighted by molar-refractivity contribution is 6.03. The van der Waals surface area contributed by atoms with Crippen LogP contribution in [0, 0.1) is 10.1 Å². The van der Waals surface area contributed by atoms with E-state index < -0.39 is 10.8 Å². The summed E-state index contributed by atoms with van der Waals surface area (Å²) >= 11 is 0. The van der Waals surface area contributed by atoms with Crippen molar-refractivity contribution in [2.24, 2.45) is 0 Å². The van der Waals surface area contributed by atoms with Crippen molar-refractivity contribution in [2.75, 3.05) is 26.2 Å². The first kappa shape index (κ1) is 33.8.